The number of ether oxygens (including phenoxy) is 2. The van der Waals surface area contributed by atoms with Crippen LogP contribution >= 0.6 is 0 Å². The van der Waals surface area contributed by atoms with Crippen molar-refractivity contribution >= 4 is 23.0 Å². The van der Waals surface area contributed by atoms with E-state index in [9.17, 15) is 19.5 Å². The van der Waals surface area contributed by atoms with Gasteiger partial charge in [-0.3, -0.25) is 4.79 Å². The molecule has 4 aliphatic rings. The number of aliphatic hydroxyl groups is 1. The average molecular weight is 633 g/mol. The highest BCUT2D eigenvalue weighted by Gasteiger charge is 2.46. The Morgan fingerprint density at radius 2 is 1.91 bits per heavy atom. The molecule has 3 aliphatic heterocycles. The second-order valence-corrected chi connectivity index (χ2v) is 14.2. The highest BCUT2D eigenvalue weighted by Crippen LogP contribution is 2.46. The summed E-state index contributed by atoms with van der Waals surface area (Å²) < 4.78 is 27.7. The van der Waals surface area contributed by atoms with Gasteiger partial charge in [0.15, 0.2) is 5.60 Å². The van der Waals surface area contributed by atoms with Crippen molar-refractivity contribution in [3.05, 3.63) is 61.7 Å². The third-order valence-corrected chi connectivity index (χ3v) is 10.3. The highest BCUT2D eigenvalue weighted by atomic mass is 19.1. The smallest absolute Gasteiger partial charge is 0.410 e. The molecule has 0 radical (unpaired) electrons. The monoisotopic (exact) mass is 632 g/mol. The average Bonchev–Trinajstić information content (AvgIpc) is 3.39. The number of piperidine rings is 1. The molecule has 0 unspecified atom stereocenters. The van der Waals surface area contributed by atoms with Crippen LogP contribution in [0.1, 0.15) is 92.8 Å². The predicted octanol–water partition coefficient (Wildman–Crippen LogP) is 4.75. The Balaban J connectivity index is 1.24. The number of halogens is 1. The molecule has 2 aromatic heterocycles. The summed E-state index contributed by atoms with van der Waals surface area (Å²) in [6, 6.07) is 3.14. The molecular formula is C35H41FN4O6. The summed E-state index contributed by atoms with van der Waals surface area (Å²) in [5.41, 5.74) is 2.90. The van der Waals surface area contributed by atoms with Crippen LogP contribution in [0.15, 0.2) is 16.9 Å². The number of hydrogen-bond acceptors (Lipinski definition) is 8. The van der Waals surface area contributed by atoms with E-state index in [1.807, 2.05) is 27.7 Å². The van der Waals surface area contributed by atoms with Crippen molar-refractivity contribution in [2.75, 3.05) is 19.6 Å². The summed E-state index contributed by atoms with van der Waals surface area (Å²) in [5.74, 6) is -0.709. The van der Waals surface area contributed by atoms with E-state index >= 15 is 4.39 Å². The molecule has 5 heterocycles. The quantitative estimate of drug-likeness (QED) is 0.309. The van der Waals surface area contributed by atoms with Gasteiger partial charge in [0.25, 0.3) is 5.56 Å². The lowest BCUT2D eigenvalue weighted by Crippen LogP contribution is -2.44. The Kier molecular flexibility index (Phi) is 7.28. The van der Waals surface area contributed by atoms with Gasteiger partial charge in [0.05, 0.1) is 29.0 Å². The zero-order valence-electron chi connectivity index (χ0n) is 27.1. The van der Waals surface area contributed by atoms with Crippen LogP contribution < -0.4 is 10.9 Å². The van der Waals surface area contributed by atoms with Crippen LogP contribution in [0.3, 0.4) is 0 Å². The minimum absolute atomic E-state index is 0.0439. The molecule has 7 rings (SSSR count). The van der Waals surface area contributed by atoms with E-state index in [1.165, 1.54) is 6.07 Å². The molecule has 1 saturated heterocycles. The van der Waals surface area contributed by atoms with Gasteiger partial charge in [-0.2, -0.15) is 0 Å². The van der Waals surface area contributed by atoms with Crippen LogP contribution in [0.4, 0.5) is 9.18 Å². The van der Waals surface area contributed by atoms with Crippen LogP contribution in [0.5, 0.6) is 0 Å². The molecule has 244 valence electrons. The summed E-state index contributed by atoms with van der Waals surface area (Å²) >= 11 is 0. The van der Waals surface area contributed by atoms with Crippen molar-refractivity contribution in [2.24, 2.45) is 5.92 Å². The van der Waals surface area contributed by atoms with Gasteiger partial charge in [0, 0.05) is 41.7 Å². The molecule has 1 amide bonds. The first-order chi connectivity index (χ1) is 21.8. The molecule has 1 aromatic carbocycles. The second-order valence-electron chi connectivity index (χ2n) is 14.2. The molecule has 2 N–H and O–H groups in total. The van der Waals surface area contributed by atoms with Crippen LogP contribution in [0.25, 0.3) is 22.3 Å². The number of amides is 1. The lowest BCUT2D eigenvalue weighted by atomic mass is 9.81. The van der Waals surface area contributed by atoms with Gasteiger partial charge in [-0.1, -0.05) is 6.92 Å². The Hall–Kier alpha value is -3.83. The van der Waals surface area contributed by atoms with E-state index in [4.69, 9.17) is 14.5 Å². The van der Waals surface area contributed by atoms with Crippen molar-refractivity contribution in [3.63, 3.8) is 0 Å². The minimum atomic E-state index is -1.92. The molecule has 11 heteroatoms. The van der Waals surface area contributed by atoms with Gasteiger partial charge in [-0.15, -0.1) is 0 Å². The molecule has 0 spiro atoms. The lowest BCUT2D eigenvalue weighted by Gasteiger charge is -2.35. The fraction of sp³-hybridized carbons (Fsp3) is 0.543. The summed E-state index contributed by atoms with van der Waals surface area (Å²) in [5, 5.41) is 16.0. The number of nitrogens with zero attached hydrogens (tertiary/aromatic N) is 3. The molecule has 10 nitrogen and oxygen atoms in total. The SMILES string of the molecule is CC[C@@]1(O)C(=O)OCc2c1cc1n(c2=O)Cc2c-1nc1cc(F)c(C)c3c1c2[C@@H](NCC1CCN(C(=O)OC(C)(C)C)CC1)CC3. The third kappa shape index (κ3) is 4.81. The van der Waals surface area contributed by atoms with E-state index in [0.29, 0.717) is 47.9 Å². The van der Waals surface area contributed by atoms with E-state index in [1.54, 1.807) is 22.5 Å². The fourth-order valence-electron chi connectivity index (χ4n) is 7.71. The van der Waals surface area contributed by atoms with Crippen molar-refractivity contribution in [2.45, 2.75) is 97.1 Å². The molecule has 1 aliphatic carbocycles. The van der Waals surface area contributed by atoms with Crippen LogP contribution in [0.2, 0.25) is 0 Å². The van der Waals surface area contributed by atoms with Crippen LogP contribution in [0, 0.1) is 18.7 Å². The molecule has 2 atom stereocenters. The summed E-state index contributed by atoms with van der Waals surface area (Å²) in [6.07, 6.45) is 2.96. The number of benzene rings is 1. The summed E-state index contributed by atoms with van der Waals surface area (Å²) in [6.45, 7) is 11.2. The maximum Gasteiger partial charge on any atom is 0.410 e. The first kappa shape index (κ1) is 30.8. The largest absolute Gasteiger partial charge is 0.458 e. The number of carbonyl (C=O) groups excluding carboxylic acids is 2. The standard InChI is InChI=1S/C35H41FN4O6/c1-6-35(44)23-13-27-30-21(16-40(27)31(41)22(23)17-45-32(35)42)29-25(8-7-20-18(2)24(36)14-26(38-30)28(20)29)37-15-19-9-11-39(12-10-19)33(43)46-34(3,4)5/h13-14,19,25,37,44H,6-12,15-17H2,1-5H3/t25-,35-/m0/s1. The maximum absolute atomic E-state index is 15.2. The first-order valence-electron chi connectivity index (χ1n) is 16.3. The Bertz CT molecular complexity index is 1850. The number of likely N-dealkylation sites (tertiary alicyclic amines) is 1. The van der Waals surface area contributed by atoms with Gasteiger partial charge in [0.2, 0.25) is 0 Å². The first-order valence-corrected chi connectivity index (χ1v) is 16.3. The van der Waals surface area contributed by atoms with Crippen molar-refractivity contribution in [1.82, 2.24) is 19.8 Å². The Morgan fingerprint density at radius 3 is 2.61 bits per heavy atom. The van der Waals surface area contributed by atoms with Gasteiger partial charge < -0.3 is 29.4 Å². The zero-order valence-corrected chi connectivity index (χ0v) is 27.1. The molecule has 46 heavy (non-hydrogen) atoms. The van der Waals surface area contributed by atoms with E-state index in [-0.39, 0.29) is 54.2 Å². The summed E-state index contributed by atoms with van der Waals surface area (Å²) in [4.78, 5) is 45.8. The molecule has 1 fully saturated rings. The van der Waals surface area contributed by atoms with Crippen molar-refractivity contribution in [3.8, 4) is 11.4 Å². The van der Waals surface area contributed by atoms with E-state index in [2.05, 4.69) is 5.32 Å². The number of rotatable bonds is 4. The van der Waals surface area contributed by atoms with Gasteiger partial charge in [-0.25, -0.2) is 19.0 Å². The van der Waals surface area contributed by atoms with Gasteiger partial charge in [0.1, 0.15) is 18.0 Å². The topological polar surface area (TPSA) is 123 Å². The second kappa shape index (κ2) is 10.9. The minimum Gasteiger partial charge on any atom is -0.458 e. The number of aromatic nitrogens is 2. The third-order valence-electron chi connectivity index (χ3n) is 10.3. The molecule has 0 saturated carbocycles. The Morgan fingerprint density at radius 1 is 1.17 bits per heavy atom. The molecule has 0 bridgehead atoms. The zero-order chi connectivity index (χ0) is 32.7. The van der Waals surface area contributed by atoms with Crippen LogP contribution in [-0.2, 0) is 39.4 Å². The highest BCUT2D eigenvalue weighted by molar-refractivity contribution is 5.93. The number of fused-ring (bicyclic) bond motifs is 5. The number of carbonyl (C=O) groups is 2. The number of nitrogens with one attached hydrogen (secondary N) is 1. The lowest BCUT2D eigenvalue weighted by molar-refractivity contribution is -0.172. The summed E-state index contributed by atoms with van der Waals surface area (Å²) in [7, 11) is 0. The van der Waals surface area contributed by atoms with E-state index < -0.39 is 17.2 Å². The maximum atomic E-state index is 15.2. The number of aryl methyl sites for hydroxylation is 1. The fourth-order valence-corrected chi connectivity index (χ4v) is 7.71. The van der Waals surface area contributed by atoms with Crippen LogP contribution in [-0.4, -0.2) is 56.9 Å². The van der Waals surface area contributed by atoms with Gasteiger partial charge >= 0.3 is 12.1 Å². The van der Waals surface area contributed by atoms with Gasteiger partial charge in [-0.05, 0) is 95.0 Å². The van der Waals surface area contributed by atoms with Crippen molar-refractivity contribution < 1.29 is 28.6 Å². The number of esters is 1. The predicted molar refractivity (Wildman–Crippen MR) is 169 cm³/mol. The Labute approximate surface area is 266 Å². The number of cyclic esters (lactones) is 1. The normalized spacial score (nSPS) is 22.4. The number of pyridine rings is 2. The van der Waals surface area contributed by atoms with Crippen molar-refractivity contribution in [1.29, 1.82) is 0 Å². The molecular weight excluding hydrogens is 591 g/mol. The molecule has 3 aromatic rings. The number of hydrogen-bond donors (Lipinski definition) is 2. The van der Waals surface area contributed by atoms with E-state index in [0.717, 1.165) is 47.9 Å².